The van der Waals surface area contributed by atoms with Crippen molar-refractivity contribution < 1.29 is 33.7 Å². The van der Waals surface area contributed by atoms with Crippen molar-refractivity contribution in [2.45, 2.75) is 19.4 Å². The predicted molar refractivity (Wildman–Crippen MR) is 173 cm³/mol. The zero-order chi connectivity index (χ0) is 33.6. The van der Waals surface area contributed by atoms with Crippen LogP contribution in [0.2, 0.25) is 0 Å². The van der Waals surface area contributed by atoms with E-state index < -0.39 is 18.0 Å². The third-order valence-corrected chi connectivity index (χ3v) is 8.04. The zero-order valence-corrected chi connectivity index (χ0v) is 26.3. The highest BCUT2D eigenvalue weighted by Crippen LogP contribution is 2.37. The van der Waals surface area contributed by atoms with E-state index in [0.717, 1.165) is 24.2 Å². The molecule has 2 aromatic heterocycles. The first-order valence-corrected chi connectivity index (χ1v) is 15.4. The van der Waals surface area contributed by atoms with Crippen LogP contribution in [-0.2, 0) is 17.8 Å². The van der Waals surface area contributed by atoms with Crippen molar-refractivity contribution in [3.8, 4) is 17.2 Å². The number of fused-ring (bicyclic) bond motifs is 3. The maximum Gasteiger partial charge on any atom is 0.415 e. The number of ether oxygens (including phenoxy) is 3. The average molecular weight is 658 g/mol. The summed E-state index contributed by atoms with van der Waals surface area (Å²) >= 11 is 0. The maximum absolute atomic E-state index is 12.9. The highest BCUT2D eigenvalue weighted by molar-refractivity contribution is 5.96. The molecule has 2 aliphatic heterocycles. The average Bonchev–Trinajstić information content (AvgIpc) is 3.59. The number of carbonyl (C=O) groups is 3. The third-order valence-electron chi connectivity index (χ3n) is 8.04. The number of benzene rings is 2. The van der Waals surface area contributed by atoms with Crippen molar-refractivity contribution in [3.63, 3.8) is 0 Å². The number of nitrogens with two attached hydrogens (primary N) is 1. The highest BCUT2D eigenvalue weighted by atomic mass is 16.6. The molecule has 0 saturated carbocycles. The van der Waals surface area contributed by atoms with Crippen LogP contribution in [0.15, 0.2) is 53.8 Å². The fourth-order valence-electron chi connectivity index (χ4n) is 5.64. The topological polar surface area (TPSA) is 200 Å². The fraction of sp³-hybridized carbons (Fsp3) is 0.344. The third kappa shape index (κ3) is 7.12. The van der Waals surface area contributed by atoms with Gasteiger partial charge >= 0.3 is 12.1 Å². The Labute approximate surface area is 274 Å². The summed E-state index contributed by atoms with van der Waals surface area (Å²) in [6, 6.07) is 10.4. The van der Waals surface area contributed by atoms with E-state index in [2.05, 4.69) is 25.2 Å². The Kier molecular flexibility index (Phi) is 9.61. The molecule has 0 radical (unpaired) electrons. The number of hydrogen-bond acceptors (Lipinski definition) is 12. The molecule has 2 amide bonds. The summed E-state index contributed by atoms with van der Waals surface area (Å²) in [7, 11) is 1.54. The van der Waals surface area contributed by atoms with Crippen LogP contribution < -0.4 is 30.9 Å². The highest BCUT2D eigenvalue weighted by Gasteiger charge is 2.24. The Bertz CT molecular complexity index is 1900. The van der Waals surface area contributed by atoms with Gasteiger partial charge in [-0.25, -0.2) is 19.7 Å². The van der Waals surface area contributed by atoms with Gasteiger partial charge in [-0.1, -0.05) is 18.2 Å². The van der Waals surface area contributed by atoms with E-state index in [-0.39, 0.29) is 29.3 Å². The van der Waals surface area contributed by atoms with Crippen LogP contribution in [0.4, 0.5) is 16.6 Å². The Balaban J connectivity index is 1.06. The van der Waals surface area contributed by atoms with E-state index in [0.29, 0.717) is 68.5 Å². The normalized spacial score (nSPS) is 14.8. The van der Waals surface area contributed by atoms with E-state index in [1.165, 1.54) is 12.4 Å². The first-order valence-electron chi connectivity index (χ1n) is 15.4. The van der Waals surface area contributed by atoms with Crippen LogP contribution in [0, 0.1) is 0 Å². The lowest BCUT2D eigenvalue weighted by atomic mass is 10.1. The number of aliphatic carboxylic acids is 1. The van der Waals surface area contributed by atoms with Gasteiger partial charge in [0.2, 0.25) is 11.6 Å². The lowest BCUT2D eigenvalue weighted by Crippen LogP contribution is -2.49. The summed E-state index contributed by atoms with van der Waals surface area (Å²) in [6.07, 6.45) is 2.66. The van der Waals surface area contributed by atoms with Crippen molar-refractivity contribution in [3.05, 3.63) is 65.5 Å². The molecule has 0 aliphatic carbocycles. The number of methoxy groups -OCH3 is 1. The summed E-state index contributed by atoms with van der Waals surface area (Å²) in [6.45, 7) is 4.71. The number of carboxylic acids is 1. The van der Waals surface area contributed by atoms with Gasteiger partial charge in [-0.3, -0.25) is 19.1 Å². The van der Waals surface area contributed by atoms with Crippen LogP contribution in [0.5, 0.6) is 17.2 Å². The van der Waals surface area contributed by atoms with Gasteiger partial charge in [-0.2, -0.15) is 4.99 Å². The summed E-state index contributed by atoms with van der Waals surface area (Å²) in [5, 5.41) is 13.3. The van der Waals surface area contributed by atoms with Gasteiger partial charge in [0, 0.05) is 69.2 Å². The molecule has 6 rings (SSSR count). The summed E-state index contributed by atoms with van der Waals surface area (Å²) in [4.78, 5) is 57.4. The molecule has 2 aliphatic rings. The van der Waals surface area contributed by atoms with Gasteiger partial charge in [0.25, 0.3) is 5.91 Å². The smallest absolute Gasteiger partial charge is 0.415 e. The maximum atomic E-state index is 12.9. The molecule has 2 aromatic carbocycles. The first kappa shape index (κ1) is 32.2. The molecule has 0 atom stereocenters. The molecule has 4 N–H and O–H groups in total. The molecule has 4 aromatic rings. The Morgan fingerprint density at radius 3 is 2.54 bits per heavy atom. The fourth-order valence-corrected chi connectivity index (χ4v) is 5.64. The predicted octanol–water partition coefficient (Wildman–Crippen LogP) is 1.80. The van der Waals surface area contributed by atoms with Crippen molar-refractivity contribution in [1.82, 2.24) is 29.3 Å². The quantitative estimate of drug-likeness (QED) is 0.209. The van der Waals surface area contributed by atoms with Gasteiger partial charge in [0.05, 0.1) is 25.7 Å². The number of aromatic nitrogens is 4. The number of nitrogens with one attached hydrogen (secondary N) is 1. The van der Waals surface area contributed by atoms with Gasteiger partial charge in [-0.15, -0.1) is 0 Å². The van der Waals surface area contributed by atoms with Crippen LogP contribution >= 0.6 is 0 Å². The lowest BCUT2D eigenvalue weighted by Gasteiger charge is -2.34. The van der Waals surface area contributed by atoms with E-state index in [1.807, 2.05) is 16.7 Å². The molecule has 16 nitrogen and oxygen atoms in total. The zero-order valence-electron chi connectivity index (χ0n) is 26.3. The van der Waals surface area contributed by atoms with Crippen molar-refractivity contribution >= 4 is 40.6 Å². The largest absolute Gasteiger partial charge is 0.491 e. The number of rotatable bonds is 10. The van der Waals surface area contributed by atoms with Gasteiger partial charge < -0.3 is 35.3 Å². The minimum absolute atomic E-state index is 0.0614. The molecular formula is C32H35N9O7. The molecule has 4 heterocycles. The number of nitrogens with zero attached hydrogens (tertiary/aromatic N) is 7. The number of anilines is 2. The molecular weight excluding hydrogens is 622 g/mol. The minimum Gasteiger partial charge on any atom is -0.491 e. The van der Waals surface area contributed by atoms with Gasteiger partial charge in [-0.05, 0) is 24.6 Å². The lowest BCUT2D eigenvalue weighted by molar-refractivity contribution is -0.136. The number of nitrogen functional groups attached to an aromatic ring is 1. The second kappa shape index (κ2) is 14.3. The SMILES string of the molecule is COc1c(OCCCN2CCN(C(=O)Oc3ccccc3CC(=O)O)CC2)ccc2c3n(c(=NC(=O)c4cnc(N)nc4)nc12)CCN3. The number of carbonyl (C=O) groups excluding carboxylic acids is 2. The molecule has 1 fully saturated rings. The Morgan fingerprint density at radius 2 is 1.79 bits per heavy atom. The summed E-state index contributed by atoms with van der Waals surface area (Å²) < 4.78 is 19.3. The van der Waals surface area contributed by atoms with Crippen LogP contribution in [0.3, 0.4) is 0 Å². The minimum atomic E-state index is -0.994. The molecule has 0 spiro atoms. The van der Waals surface area contributed by atoms with Gasteiger partial charge in [0.1, 0.15) is 17.1 Å². The number of para-hydroxylation sites is 1. The monoisotopic (exact) mass is 657 g/mol. The number of hydrogen-bond donors (Lipinski definition) is 3. The van der Waals surface area contributed by atoms with Crippen molar-refractivity contribution in [1.29, 1.82) is 0 Å². The van der Waals surface area contributed by atoms with Crippen LogP contribution in [0.25, 0.3) is 10.9 Å². The summed E-state index contributed by atoms with van der Waals surface area (Å²) in [5.74, 6) is 0.501. The Hall–Kier alpha value is -5.77. The number of carboxylic acid groups (broad SMARTS) is 1. The van der Waals surface area contributed by atoms with Gasteiger partial charge in [0.15, 0.2) is 11.5 Å². The van der Waals surface area contributed by atoms with E-state index in [4.69, 9.17) is 30.0 Å². The molecule has 250 valence electrons. The van der Waals surface area contributed by atoms with E-state index >= 15 is 0 Å². The molecule has 48 heavy (non-hydrogen) atoms. The van der Waals surface area contributed by atoms with E-state index in [9.17, 15) is 14.4 Å². The molecule has 0 unspecified atom stereocenters. The van der Waals surface area contributed by atoms with E-state index in [1.54, 1.807) is 36.3 Å². The van der Waals surface area contributed by atoms with Crippen LogP contribution in [-0.4, -0.2) is 105 Å². The van der Waals surface area contributed by atoms with Crippen molar-refractivity contribution in [2.75, 3.05) is 64.0 Å². The second-order valence-corrected chi connectivity index (χ2v) is 11.2. The second-order valence-electron chi connectivity index (χ2n) is 11.2. The molecule has 1 saturated heterocycles. The number of piperazine rings is 1. The number of amides is 2. The standard InChI is InChI=1S/C32H35N9O7/c1-46-27-24(8-7-22-26(27)37-31(41-11-9-34-28(22)41)38-29(44)21-18-35-30(33)36-19-21)47-16-4-10-39-12-14-40(15-13-39)32(45)48-23-6-3-2-5-20(23)17-25(42)43/h2-3,5-8,18-19,34H,4,9-17H2,1H3,(H,42,43)(H2,33,35,36). The van der Waals surface area contributed by atoms with Crippen LogP contribution in [0.1, 0.15) is 22.3 Å². The molecule has 16 heteroatoms. The Morgan fingerprint density at radius 1 is 1.02 bits per heavy atom. The van der Waals surface area contributed by atoms with Crippen molar-refractivity contribution in [2.24, 2.45) is 4.99 Å². The first-order chi connectivity index (χ1) is 23.3. The molecule has 0 bridgehead atoms. The summed E-state index contributed by atoms with van der Waals surface area (Å²) in [5.41, 5.74) is 6.91.